The number of aromatic nitrogens is 7. The third kappa shape index (κ3) is 6.78. The second-order valence-corrected chi connectivity index (χ2v) is 16.7. The number of hydrogen-bond acceptors (Lipinski definition) is 7. The molecule has 0 bridgehead atoms. The largest absolute Gasteiger partial charge is 0.455 e. The van der Waals surface area contributed by atoms with Crippen LogP contribution in [0.4, 0.5) is 0 Å². The molecule has 9 aromatic carbocycles. The molecule has 13 aromatic rings. The van der Waals surface area contributed by atoms with E-state index in [1.807, 2.05) is 133 Å². The molecule has 318 valence electrons. The second kappa shape index (κ2) is 16.2. The lowest BCUT2D eigenvalue weighted by molar-refractivity contribution is 0.670. The highest BCUT2D eigenvalue weighted by molar-refractivity contribution is 6.12. The van der Waals surface area contributed by atoms with Gasteiger partial charge in [0.05, 0.1) is 16.7 Å². The molecule has 0 aliphatic carbocycles. The molecule has 0 aliphatic rings. The maximum atomic E-state index is 6.61. The molecule has 0 atom stereocenters. The quantitative estimate of drug-likeness (QED) is 0.150. The molecular weight excluding hydrogens is 835 g/mol. The summed E-state index contributed by atoms with van der Waals surface area (Å²) in [6.45, 7) is 0. The van der Waals surface area contributed by atoms with Crippen molar-refractivity contribution in [2.75, 3.05) is 0 Å². The minimum Gasteiger partial charge on any atom is -0.455 e. The zero-order valence-electron chi connectivity index (χ0n) is 36.4. The van der Waals surface area contributed by atoms with Gasteiger partial charge in [-0.05, 0) is 48.0 Å². The molecule has 13 rings (SSSR count). The van der Waals surface area contributed by atoms with Crippen LogP contribution in [0.25, 0.3) is 129 Å². The van der Waals surface area contributed by atoms with Crippen molar-refractivity contribution >= 4 is 43.7 Å². The molecule has 4 aromatic heterocycles. The molecule has 0 radical (unpaired) electrons. The van der Waals surface area contributed by atoms with Crippen molar-refractivity contribution in [3.05, 3.63) is 224 Å². The van der Waals surface area contributed by atoms with Crippen molar-refractivity contribution in [2.45, 2.75) is 0 Å². The fourth-order valence-electron chi connectivity index (χ4n) is 9.29. The summed E-state index contributed by atoms with van der Waals surface area (Å²) >= 11 is 0. The number of nitrogens with zero attached hydrogens (tertiary/aromatic N) is 7. The fraction of sp³-hybridized carbons (Fsp3) is 0. The summed E-state index contributed by atoms with van der Waals surface area (Å²) in [4.78, 5) is 30.8. The van der Waals surface area contributed by atoms with Crippen LogP contribution in [0.2, 0.25) is 0 Å². The highest BCUT2D eigenvalue weighted by Crippen LogP contribution is 2.42. The third-order valence-electron chi connectivity index (χ3n) is 12.5. The lowest BCUT2D eigenvalue weighted by Gasteiger charge is -2.16. The number of fused-ring (bicyclic) bond motifs is 6. The van der Waals surface area contributed by atoms with Crippen LogP contribution < -0.4 is 0 Å². The monoisotopic (exact) mass is 871 g/mol. The van der Waals surface area contributed by atoms with Gasteiger partial charge in [-0.15, -0.1) is 0 Å². The minimum absolute atomic E-state index is 0.543. The van der Waals surface area contributed by atoms with E-state index in [-0.39, 0.29) is 0 Å². The van der Waals surface area contributed by atoms with Crippen LogP contribution in [0, 0.1) is 0 Å². The summed E-state index contributed by atoms with van der Waals surface area (Å²) in [6.07, 6.45) is 0. The summed E-state index contributed by atoms with van der Waals surface area (Å²) < 4.78 is 8.93. The Bertz CT molecular complexity index is 3900. The molecule has 8 heteroatoms. The molecule has 0 amide bonds. The first-order valence-electron chi connectivity index (χ1n) is 22.5. The number of furan rings is 1. The van der Waals surface area contributed by atoms with Crippen LogP contribution in [0.1, 0.15) is 0 Å². The zero-order chi connectivity index (χ0) is 45.0. The highest BCUT2D eigenvalue weighted by Gasteiger charge is 2.23. The molecular formula is C60H37N7O. The van der Waals surface area contributed by atoms with Crippen LogP contribution in [0.3, 0.4) is 0 Å². The maximum Gasteiger partial charge on any atom is 0.166 e. The zero-order valence-corrected chi connectivity index (χ0v) is 36.4. The van der Waals surface area contributed by atoms with Crippen LogP contribution in [0.5, 0.6) is 0 Å². The van der Waals surface area contributed by atoms with Gasteiger partial charge in [-0.25, -0.2) is 29.9 Å². The first kappa shape index (κ1) is 39.0. The SMILES string of the molecule is c1ccc(-c2nc(-c3ccccc3)nc(-c3ccc4c(c3)c3ccccc3n4-c3ccc(-c4cccc5c4oc4ccccc45)cc3-c3nc(-c4ccccc4)nc(-c4ccccc4)n3)n2)cc1. The third-order valence-corrected chi connectivity index (χ3v) is 12.5. The van der Waals surface area contributed by atoms with Crippen molar-refractivity contribution in [1.82, 2.24) is 34.5 Å². The van der Waals surface area contributed by atoms with Crippen molar-refractivity contribution in [2.24, 2.45) is 0 Å². The van der Waals surface area contributed by atoms with E-state index < -0.39 is 0 Å². The maximum absolute atomic E-state index is 6.61. The Morgan fingerprint density at radius 1 is 0.279 bits per heavy atom. The van der Waals surface area contributed by atoms with Gasteiger partial charge in [0.25, 0.3) is 0 Å². The van der Waals surface area contributed by atoms with E-state index in [0.717, 1.165) is 93.9 Å². The molecule has 0 aliphatic heterocycles. The molecule has 8 nitrogen and oxygen atoms in total. The minimum atomic E-state index is 0.543. The molecule has 0 fully saturated rings. The normalized spacial score (nSPS) is 11.5. The standard InChI is InChI=1S/C60H37N7O/c1-5-18-38(19-6-1)55-61-56(39-20-7-2-8-21-39)64-59(63-55)43-33-35-51-48(37-43)45-26-13-15-30-50(45)67(51)52-34-32-42(44-28-17-29-47-46-27-14-16-31-53(46)68-54(44)47)36-49(52)60-65-57(40-22-9-3-10-23-40)62-58(66-60)41-24-11-4-12-25-41/h1-37H. The van der Waals surface area contributed by atoms with Crippen LogP contribution in [0.15, 0.2) is 229 Å². The second-order valence-electron chi connectivity index (χ2n) is 16.7. The Balaban J connectivity index is 1.06. The summed E-state index contributed by atoms with van der Waals surface area (Å²) in [5.41, 5.74) is 11.9. The smallest absolute Gasteiger partial charge is 0.166 e. The van der Waals surface area contributed by atoms with E-state index in [9.17, 15) is 0 Å². The van der Waals surface area contributed by atoms with E-state index in [4.69, 9.17) is 34.3 Å². The van der Waals surface area contributed by atoms with Crippen LogP contribution >= 0.6 is 0 Å². The van der Waals surface area contributed by atoms with Gasteiger partial charge in [-0.2, -0.15) is 0 Å². The number of rotatable bonds is 8. The van der Waals surface area contributed by atoms with E-state index in [1.165, 1.54) is 0 Å². The van der Waals surface area contributed by atoms with Crippen LogP contribution in [-0.2, 0) is 0 Å². The van der Waals surface area contributed by atoms with E-state index in [1.54, 1.807) is 0 Å². The predicted octanol–water partition coefficient (Wildman–Crippen LogP) is 14.7. The molecule has 0 spiro atoms. The van der Waals surface area contributed by atoms with Crippen molar-refractivity contribution in [1.29, 1.82) is 0 Å². The fourth-order valence-corrected chi connectivity index (χ4v) is 9.29. The van der Waals surface area contributed by atoms with Gasteiger partial charge in [0, 0.05) is 60.5 Å². The molecule has 0 unspecified atom stereocenters. The molecule has 0 N–H and O–H groups in total. The predicted molar refractivity (Wildman–Crippen MR) is 273 cm³/mol. The Morgan fingerprint density at radius 3 is 1.32 bits per heavy atom. The highest BCUT2D eigenvalue weighted by atomic mass is 16.3. The van der Waals surface area contributed by atoms with Gasteiger partial charge in [0.1, 0.15) is 11.2 Å². The lowest BCUT2D eigenvalue weighted by atomic mass is 9.98. The van der Waals surface area contributed by atoms with E-state index in [2.05, 4.69) is 95.6 Å². The first-order chi connectivity index (χ1) is 33.7. The first-order valence-corrected chi connectivity index (χ1v) is 22.5. The molecule has 0 saturated carbocycles. The van der Waals surface area contributed by atoms with E-state index in [0.29, 0.717) is 34.9 Å². The van der Waals surface area contributed by atoms with Crippen molar-refractivity contribution < 1.29 is 4.42 Å². The number of para-hydroxylation sites is 3. The topological polar surface area (TPSA) is 95.4 Å². The van der Waals surface area contributed by atoms with Gasteiger partial charge < -0.3 is 8.98 Å². The van der Waals surface area contributed by atoms with Gasteiger partial charge in [0.2, 0.25) is 0 Å². The Kier molecular flexibility index (Phi) is 9.31. The van der Waals surface area contributed by atoms with Crippen molar-refractivity contribution in [3.8, 4) is 85.1 Å². The molecule has 0 saturated heterocycles. The van der Waals surface area contributed by atoms with Crippen LogP contribution in [-0.4, -0.2) is 34.5 Å². The average Bonchev–Trinajstić information content (AvgIpc) is 3.97. The summed E-state index contributed by atoms with van der Waals surface area (Å²) in [7, 11) is 0. The van der Waals surface area contributed by atoms with Crippen molar-refractivity contribution in [3.63, 3.8) is 0 Å². The number of hydrogen-bond donors (Lipinski definition) is 0. The van der Waals surface area contributed by atoms with Gasteiger partial charge in [0.15, 0.2) is 34.9 Å². The molecule has 4 heterocycles. The Hall–Kier alpha value is -9.40. The van der Waals surface area contributed by atoms with Gasteiger partial charge in [-0.1, -0.05) is 182 Å². The van der Waals surface area contributed by atoms with Gasteiger partial charge >= 0.3 is 0 Å². The summed E-state index contributed by atoms with van der Waals surface area (Å²) in [5, 5.41) is 4.27. The lowest BCUT2D eigenvalue weighted by Crippen LogP contribution is -2.04. The average molecular weight is 872 g/mol. The Morgan fingerprint density at radius 2 is 0.735 bits per heavy atom. The van der Waals surface area contributed by atoms with E-state index >= 15 is 0 Å². The van der Waals surface area contributed by atoms with Gasteiger partial charge in [-0.3, -0.25) is 0 Å². The summed E-state index contributed by atoms with van der Waals surface area (Å²) in [5.74, 6) is 3.52. The Labute approximate surface area is 390 Å². The number of benzene rings is 9. The summed E-state index contributed by atoms with van der Waals surface area (Å²) in [6, 6.07) is 76.4. The molecule has 68 heavy (non-hydrogen) atoms.